The Morgan fingerprint density at radius 3 is 2.43 bits per heavy atom. The standard InChI is InChI=1S/C23H27ClN2O2/c1-16-23(22(28)14-25-11-3-2-4-12-25)20-10-5-17(15-27)13-21(20)26(16)19-8-6-18(24)7-9-19/h5-10,13,22,27-28H,2-4,11-12,14-15H2,1H3. The summed E-state index contributed by atoms with van der Waals surface area (Å²) in [6.45, 7) is 4.82. The van der Waals surface area contributed by atoms with Gasteiger partial charge < -0.3 is 19.7 Å². The zero-order chi connectivity index (χ0) is 19.7. The highest BCUT2D eigenvalue weighted by Crippen LogP contribution is 2.35. The predicted molar refractivity (Wildman–Crippen MR) is 114 cm³/mol. The van der Waals surface area contributed by atoms with Crippen molar-refractivity contribution < 1.29 is 10.2 Å². The van der Waals surface area contributed by atoms with Crippen molar-refractivity contribution in [1.82, 2.24) is 9.47 Å². The molecule has 1 saturated heterocycles. The molecule has 1 unspecified atom stereocenters. The number of rotatable bonds is 5. The van der Waals surface area contributed by atoms with Gasteiger partial charge in [0.2, 0.25) is 0 Å². The fourth-order valence-electron chi connectivity index (χ4n) is 4.41. The highest BCUT2D eigenvalue weighted by molar-refractivity contribution is 6.30. The van der Waals surface area contributed by atoms with Gasteiger partial charge in [0.15, 0.2) is 0 Å². The van der Waals surface area contributed by atoms with Gasteiger partial charge in [-0.3, -0.25) is 0 Å². The molecule has 2 N–H and O–H groups in total. The van der Waals surface area contributed by atoms with Crippen LogP contribution < -0.4 is 0 Å². The van der Waals surface area contributed by atoms with Crippen LogP contribution in [0.15, 0.2) is 42.5 Å². The molecule has 1 aliphatic heterocycles. The Bertz CT molecular complexity index is 959. The summed E-state index contributed by atoms with van der Waals surface area (Å²) in [5.41, 5.74) is 4.85. The lowest BCUT2D eigenvalue weighted by atomic mass is 10.0. The Morgan fingerprint density at radius 1 is 1.04 bits per heavy atom. The average molecular weight is 399 g/mol. The van der Waals surface area contributed by atoms with E-state index in [1.54, 1.807) is 0 Å². The zero-order valence-electron chi connectivity index (χ0n) is 16.2. The van der Waals surface area contributed by atoms with E-state index in [1.807, 2.05) is 42.5 Å². The minimum atomic E-state index is -0.547. The lowest BCUT2D eigenvalue weighted by molar-refractivity contribution is 0.102. The number of nitrogens with zero attached hydrogens (tertiary/aromatic N) is 2. The van der Waals surface area contributed by atoms with E-state index in [0.29, 0.717) is 11.6 Å². The van der Waals surface area contributed by atoms with Gasteiger partial charge >= 0.3 is 0 Å². The number of hydrogen-bond donors (Lipinski definition) is 2. The van der Waals surface area contributed by atoms with Gasteiger partial charge in [0, 0.05) is 33.9 Å². The third kappa shape index (κ3) is 3.70. The third-order valence-corrected chi connectivity index (χ3v) is 6.05. The van der Waals surface area contributed by atoms with Crippen LogP contribution in [0.3, 0.4) is 0 Å². The minimum absolute atomic E-state index is 0.00749. The SMILES string of the molecule is Cc1c(C(O)CN2CCCCC2)c2ccc(CO)cc2n1-c1ccc(Cl)cc1. The first-order valence-corrected chi connectivity index (χ1v) is 10.4. The van der Waals surface area contributed by atoms with Crippen LogP contribution in [-0.2, 0) is 6.61 Å². The van der Waals surface area contributed by atoms with E-state index < -0.39 is 6.10 Å². The molecule has 1 aliphatic rings. The van der Waals surface area contributed by atoms with Crippen LogP contribution in [0.2, 0.25) is 5.02 Å². The fraction of sp³-hybridized carbons (Fsp3) is 0.391. The van der Waals surface area contributed by atoms with Crippen LogP contribution in [0.1, 0.15) is 42.2 Å². The van der Waals surface area contributed by atoms with E-state index in [2.05, 4.69) is 16.4 Å². The Hall–Kier alpha value is -1.85. The van der Waals surface area contributed by atoms with Crippen LogP contribution >= 0.6 is 11.6 Å². The van der Waals surface area contributed by atoms with Crippen LogP contribution in [0, 0.1) is 6.92 Å². The lowest BCUT2D eigenvalue weighted by Gasteiger charge is -2.28. The van der Waals surface area contributed by atoms with Gasteiger partial charge in [-0.15, -0.1) is 0 Å². The van der Waals surface area contributed by atoms with Crippen LogP contribution in [0.4, 0.5) is 0 Å². The molecule has 4 nitrogen and oxygen atoms in total. The summed E-state index contributed by atoms with van der Waals surface area (Å²) in [5.74, 6) is 0. The number of aromatic nitrogens is 1. The van der Waals surface area contributed by atoms with Gasteiger partial charge in [0.1, 0.15) is 0 Å². The smallest absolute Gasteiger partial charge is 0.0940 e. The number of likely N-dealkylation sites (tertiary alicyclic amines) is 1. The average Bonchev–Trinajstić information content (AvgIpc) is 3.00. The maximum Gasteiger partial charge on any atom is 0.0940 e. The van der Waals surface area contributed by atoms with E-state index in [4.69, 9.17) is 11.6 Å². The number of piperidine rings is 1. The van der Waals surface area contributed by atoms with Crippen molar-refractivity contribution in [3.05, 3.63) is 64.3 Å². The van der Waals surface area contributed by atoms with Gasteiger partial charge in [-0.1, -0.05) is 30.2 Å². The highest BCUT2D eigenvalue weighted by atomic mass is 35.5. The molecule has 148 valence electrons. The fourth-order valence-corrected chi connectivity index (χ4v) is 4.53. The second kappa shape index (κ2) is 8.26. The molecular formula is C23H27ClN2O2. The largest absolute Gasteiger partial charge is 0.392 e. The van der Waals surface area contributed by atoms with Crippen LogP contribution in [0.5, 0.6) is 0 Å². The summed E-state index contributed by atoms with van der Waals surface area (Å²) in [4.78, 5) is 2.36. The summed E-state index contributed by atoms with van der Waals surface area (Å²) in [6, 6.07) is 13.7. The number of benzene rings is 2. The predicted octanol–water partition coefficient (Wildman–Crippen LogP) is 4.60. The molecule has 5 heteroatoms. The molecule has 0 aliphatic carbocycles. The first-order chi connectivity index (χ1) is 13.6. The first-order valence-electron chi connectivity index (χ1n) is 9.99. The van der Waals surface area contributed by atoms with Crippen molar-refractivity contribution in [2.24, 2.45) is 0 Å². The number of fused-ring (bicyclic) bond motifs is 1. The van der Waals surface area contributed by atoms with Gasteiger partial charge in [-0.25, -0.2) is 0 Å². The van der Waals surface area contributed by atoms with E-state index >= 15 is 0 Å². The first kappa shape index (κ1) is 19.5. The monoisotopic (exact) mass is 398 g/mol. The van der Waals surface area contributed by atoms with Crippen molar-refractivity contribution >= 4 is 22.5 Å². The van der Waals surface area contributed by atoms with E-state index in [-0.39, 0.29) is 6.61 Å². The molecule has 0 bridgehead atoms. The molecule has 0 amide bonds. The van der Waals surface area contributed by atoms with E-state index in [0.717, 1.165) is 46.5 Å². The molecule has 2 aromatic carbocycles. The molecule has 3 aromatic rings. The van der Waals surface area contributed by atoms with Crippen molar-refractivity contribution in [3.63, 3.8) is 0 Å². The second-order valence-corrected chi connectivity index (χ2v) is 8.13. The lowest BCUT2D eigenvalue weighted by Crippen LogP contribution is -2.33. The van der Waals surface area contributed by atoms with Gasteiger partial charge in [-0.05, 0) is 68.8 Å². The molecule has 4 rings (SSSR count). The molecule has 1 atom stereocenters. The normalized spacial score (nSPS) is 16.6. The van der Waals surface area contributed by atoms with Crippen LogP contribution in [0.25, 0.3) is 16.6 Å². The Kier molecular flexibility index (Phi) is 5.74. The summed E-state index contributed by atoms with van der Waals surface area (Å²) >= 11 is 6.08. The zero-order valence-corrected chi connectivity index (χ0v) is 17.0. The quantitative estimate of drug-likeness (QED) is 0.660. The number of halogens is 1. The second-order valence-electron chi connectivity index (χ2n) is 7.70. The van der Waals surface area contributed by atoms with Crippen molar-refractivity contribution in [2.75, 3.05) is 19.6 Å². The Balaban J connectivity index is 1.81. The summed E-state index contributed by atoms with van der Waals surface area (Å²) in [5, 5.41) is 22.5. The minimum Gasteiger partial charge on any atom is -0.392 e. The van der Waals surface area contributed by atoms with Gasteiger partial charge in [0.05, 0.1) is 18.2 Å². The van der Waals surface area contributed by atoms with Crippen molar-refractivity contribution in [3.8, 4) is 5.69 Å². The summed E-state index contributed by atoms with van der Waals surface area (Å²) < 4.78 is 2.15. The number of β-amino-alcohol motifs (C(OH)–C–C–N with tert-alkyl or cyclic N) is 1. The van der Waals surface area contributed by atoms with Crippen molar-refractivity contribution in [2.45, 2.75) is 38.9 Å². The molecule has 0 saturated carbocycles. The molecule has 1 aromatic heterocycles. The molecule has 0 radical (unpaired) electrons. The molecule has 0 spiro atoms. The van der Waals surface area contributed by atoms with E-state index in [9.17, 15) is 10.2 Å². The molecule has 2 heterocycles. The molecular weight excluding hydrogens is 372 g/mol. The Morgan fingerprint density at radius 2 is 1.75 bits per heavy atom. The highest BCUT2D eigenvalue weighted by Gasteiger charge is 2.24. The van der Waals surface area contributed by atoms with Gasteiger partial charge in [-0.2, -0.15) is 0 Å². The summed E-state index contributed by atoms with van der Waals surface area (Å²) in [7, 11) is 0. The van der Waals surface area contributed by atoms with E-state index in [1.165, 1.54) is 19.3 Å². The number of hydrogen-bond acceptors (Lipinski definition) is 3. The topological polar surface area (TPSA) is 48.6 Å². The van der Waals surface area contributed by atoms with Gasteiger partial charge in [0.25, 0.3) is 0 Å². The Labute approximate surface area is 171 Å². The van der Waals surface area contributed by atoms with Crippen molar-refractivity contribution in [1.29, 1.82) is 0 Å². The maximum absolute atomic E-state index is 11.2. The molecule has 1 fully saturated rings. The number of aliphatic hydroxyl groups excluding tert-OH is 2. The summed E-state index contributed by atoms with van der Waals surface area (Å²) in [6.07, 6.45) is 3.15. The van der Waals surface area contributed by atoms with Crippen LogP contribution in [-0.4, -0.2) is 39.3 Å². The maximum atomic E-state index is 11.2. The third-order valence-electron chi connectivity index (χ3n) is 5.80. The molecule has 28 heavy (non-hydrogen) atoms. The number of aliphatic hydroxyl groups is 2.